The number of amides is 3. The van der Waals surface area contributed by atoms with E-state index in [1.807, 2.05) is 0 Å². The second-order valence-electron chi connectivity index (χ2n) is 7.33. The van der Waals surface area contributed by atoms with Crippen LogP contribution >= 0.6 is 0 Å². The number of anilines is 3. The summed E-state index contributed by atoms with van der Waals surface area (Å²) in [5, 5.41) is 28.3. The summed E-state index contributed by atoms with van der Waals surface area (Å²) < 4.78 is 31.0. The molecule has 35 heavy (non-hydrogen) atoms. The highest BCUT2D eigenvalue weighted by Crippen LogP contribution is 2.32. The van der Waals surface area contributed by atoms with Gasteiger partial charge in [0.15, 0.2) is 29.3 Å². The summed E-state index contributed by atoms with van der Waals surface area (Å²) in [7, 11) is 0. The molecule has 1 fully saturated rings. The van der Waals surface area contributed by atoms with Crippen LogP contribution in [0.3, 0.4) is 0 Å². The molecule has 1 saturated heterocycles. The Kier molecular flexibility index (Phi) is 7.17. The highest BCUT2D eigenvalue weighted by atomic mass is 32.2. The highest BCUT2D eigenvalue weighted by molar-refractivity contribution is 7.80. The molecule has 1 unspecified atom stereocenters. The number of fused-ring (bicyclic) bond motifs is 1. The van der Waals surface area contributed by atoms with Gasteiger partial charge < -0.3 is 34.9 Å². The summed E-state index contributed by atoms with van der Waals surface area (Å²) in [6, 6.07) is 5.41. The first-order valence-electron chi connectivity index (χ1n) is 10.3. The third kappa shape index (κ3) is 5.05. The van der Waals surface area contributed by atoms with Crippen LogP contribution in [0.5, 0.6) is 0 Å². The molecular formula is C19H21N8O7S-. The lowest BCUT2D eigenvalue weighted by atomic mass is 10.1. The molecule has 4 rings (SSSR count). The van der Waals surface area contributed by atoms with E-state index < -0.39 is 47.7 Å². The second kappa shape index (κ2) is 10.3. The van der Waals surface area contributed by atoms with Crippen LogP contribution in [0.1, 0.15) is 13.2 Å². The fourth-order valence-corrected chi connectivity index (χ4v) is 3.90. The van der Waals surface area contributed by atoms with Gasteiger partial charge in [0, 0.05) is 17.8 Å². The van der Waals surface area contributed by atoms with Gasteiger partial charge in [-0.1, -0.05) is 12.1 Å². The Morgan fingerprint density at radius 3 is 2.60 bits per heavy atom. The standard InChI is InChI=1S/C19H22N8O7S/c1-2-20-17(30)14-12(28)13(29)18(34-14)27-8-23-11-15(21-7-22-16(11)27)25-19(31)24-9-5-3-4-6-10(9)26-35(32)33/h3-8,12-14,18,26,28-29H,2H2,1H3,(H,20,30)(H,32,33)(H2,21,22,24,25,31)/p-1/t12-,13+,14-,18+/m0/s1. The third-order valence-corrected chi connectivity index (χ3v) is 5.47. The molecule has 16 heteroatoms. The molecule has 0 radical (unpaired) electrons. The number of nitrogens with one attached hydrogen (secondary N) is 4. The molecule has 186 valence electrons. The topological polar surface area (TPSA) is 216 Å². The number of ether oxygens (including phenoxy) is 1. The summed E-state index contributed by atoms with van der Waals surface area (Å²) >= 11 is -2.59. The van der Waals surface area contributed by atoms with Crippen LogP contribution in [0.2, 0.25) is 0 Å². The van der Waals surface area contributed by atoms with Gasteiger partial charge in [0.1, 0.15) is 18.5 Å². The van der Waals surface area contributed by atoms with Crippen LogP contribution in [-0.4, -0.2) is 75.3 Å². The zero-order chi connectivity index (χ0) is 25.1. The molecule has 0 aliphatic carbocycles. The van der Waals surface area contributed by atoms with Gasteiger partial charge in [0.05, 0.1) is 17.7 Å². The number of imidazole rings is 1. The summed E-state index contributed by atoms with van der Waals surface area (Å²) in [6.07, 6.45) is -2.99. The van der Waals surface area contributed by atoms with E-state index in [1.165, 1.54) is 23.0 Å². The van der Waals surface area contributed by atoms with Crippen molar-refractivity contribution in [1.29, 1.82) is 0 Å². The second-order valence-corrected chi connectivity index (χ2v) is 8.00. The van der Waals surface area contributed by atoms with Gasteiger partial charge >= 0.3 is 6.03 Å². The Labute approximate surface area is 200 Å². The summed E-state index contributed by atoms with van der Waals surface area (Å²) in [5.41, 5.74) is 0.645. The van der Waals surface area contributed by atoms with Gasteiger partial charge in [-0.05, 0) is 19.1 Å². The van der Waals surface area contributed by atoms with Gasteiger partial charge in [-0.15, -0.1) is 0 Å². The molecule has 0 saturated carbocycles. The maximum atomic E-state index is 12.6. The monoisotopic (exact) mass is 505 g/mol. The van der Waals surface area contributed by atoms with Crippen molar-refractivity contribution in [1.82, 2.24) is 24.8 Å². The molecule has 3 amide bonds. The number of aliphatic hydroxyl groups excluding tert-OH is 2. The van der Waals surface area contributed by atoms with Crippen molar-refractivity contribution in [3.8, 4) is 0 Å². The number of nitrogens with zero attached hydrogens (tertiary/aromatic N) is 4. The van der Waals surface area contributed by atoms with E-state index in [1.54, 1.807) is 19.1 Å². The van der Waals surface area contributed by atoms with E-state index in [0.717, 1.165) is 6.33 Å². The predicted octanol–water partition coefficient (Wildman–Crippen LogP) is -0.568. The average molecular weight is 505 g/mol. The van der Waals surface area contributed by atoms with Gasteiger partial charge in [-0.3, -0.25) is 18.9 Å². The Morgan fingerprint density at radius 2 is 1.89 bits per heavy atom. The molecule has 15 nitrogen and oxygen atoms in total. The lowest BCUT2D eigenvalue weighted by molar-refractivity contribution is -0.137. The van der Waals surface area contributed by atoms with Crippen molar-refractivity contribution in [2.24, 2.45) is 0 Å². The van der Waals surface area contributed by atoms with Crippen LogP contribution < -0.4 is 20.7 Å². The van der Waals surface area contributed by atoms with E-state index in [9.17, 15) is 28.6 Å². The van der Waals surface area contributed by atoms with E-state index in [4.69, 9.17) is 4.74 Å². The number of hydrogen-bond acceptors (Lipinski definition) is 10. The molecule has 2 aromatic heterocycles. The number of benzene rings is 1. The first-order chi connectivity index (χ1) is 16.8. The maximum absolute atomic E-state index is 12.6. The molecule has 1 aliphatic heterocycles. The van der Waals surface area contributed by atoms with E-state index in [2.05, 4.69) is 35.6 Å². The SMILES string of the molecule is CCNC(=O)[C@H]1O[C@@H](n2cnc3c(NC(=O)Nc4ccccc4NS(=O)[O-])ncnc32)[C@H](O)[C@@H]1O. The summed E-state index contributed by atoms with van der Waals surface area (Å²) in [4.78, 5) is 37.0. The number of likely N-dealkylation sites (N-methyl/N-ethyl adjacent to an activating group) is 1. The minimum atomic E-state index is -2.59. The minimum absolute atomic E-state index is 0.0115. The zero-order valence-corrected chi connectivity index (χ0v) is 18.9. The van der Waals surface area contributed by atoms with Crippen molar-refractivity contribution in [2.45, 2.75) is 31.5 Å². The quantitative estimate of drug-likeness (QED) is 0.225. The Balaban J connectivity index is 1.54. The smallest absolute Gasteiger partial charge is 0.324 e. The lowest BCUT2D eigenvalue weighted by Gasteiger charge is -2.16. The van der Waals surface area contributed by atoms with Crippen molar-refractivity contribution < 1.29 is 33.3 Å². The Morgan fingerprint density at radius 1 is 1.14 bits per heavy atom. The normalized spacial score (nSPS) is 22.5. The fraction of sp³-hybridized carbons (Fsp3) is 0.316. The number of carbonyl (C=O) groups excluding carboxylic acids is 2. The maximum Gasteiger partial charge on any atom is 0.324 e. The van der Waals surface area contributed by atoms with Crippen LogP contribution in [0, 0.1) is 0 Å². The minimum Gasteiger partial charge on any atom is -0.755 e. The summed E-state index contributed by atoms with van der Waals surface area (Å²) in [5.74, 6) is -0.562. The van der Waals surface area contributed by atoms with Crippen molar-refractivity contribution in [3.05, 3.63) is 36.9 Å². The number of aromatic nitrogens is 4. The van der Waals surface area contributed by atoms with Gasteiger partial charge in [0.25, 0.3) is 5.91 Å². The largest absolute Gasteiger partial charge is 0.755 e. The van der Waals surface area contributed by atoms with Crippen LogP contribution in [0.4, 0.5) is 22.0 Å². The average Bonchev–Trinajstić information content (AvgIpc) is 3.37. The van der Waals surface area contributed by atoms with Crippen LogP contribution in [-0.2, 0) is 20.8 Å². The number of aliphatic hydroxyl groups is 2. The molecule has 0 spiro atoms. The van der Waals surface area contributed by atoms with E-state index in [-0.39, 0.29) is 28.4 Å². The third-order valence-electron chi connectivity index (χ3n) is 5.08. The van der Waals surface area contributed by atoms with Crippen LogP contribution in [0.15, 0.2) is 36.9 Å². The van der Waals surface area contributed by atoms with Crippen molar-refractivity contribution in [2.75, 3.05) is 21.9 Å². The molecule has 6 N–H and O–H groups in total. The molecule has 1 aromatic carbocycles. The van der Waals surface area contributed by atoms with Crippen molar-refractivity contribution >= 4 is 51.6 Å². The molecule has 0 bridgehead atoms. The van der Waals surface area contributed by atoms with Crippen LogP contribution in [0.25, 0.3) is 11.2 Å². The van der Waals surface area contributed by atoms with E-state index in [0.29, 0.717) is 6.54 Å². The lowest BCUT2D eigenvalue weighted by Crippen LogP contribution is -2.42. The number of carbonyl (C=O) groups is 2. The molecular weight excluding hydrogens is 484 g/mol. The first kappa shape index (κ1) is 24.4. The fourth-order valence-electron chi connectivity index (χ4n) is 3.54. The molecule has 1 aliphatic rings. The van der Waals surface area contributed by atoms with Crippen molar-refractivity contribution in [3.63, 3.8) is 0 Å². The Bertz CT molecular complexity index is 1270. The predicted molar refractivity (Wildman–Crippen MR) is 122 cm³/mol. The Hall–Kier alpha value is -3.70. The number of hydrogen-bond donors (Lipinski definition) is 6. The molecule has 5 atom stereocenters. The molecule has 3 heterocycles. The number of urea groups is 1. The summed E-state index contributed by atoms with van der Waals surface area (Å²) in [6.45, 7) is 2.03. The van der Waals surface area contributed by atoms with Gasteiger partial charge in [-0.25, -0.2) is 19.7 Å². The number of rotatable bonds is 7. The number of para-hydroxylation sites is 2. The van der Waals surface area contributed by atoms with Gasteiger partial charge in [0.2, 0.25) is 0 Å². The molecule has 3 aromatic rings. The first-order valence-corrected chi connectivity index (χ1v) is 11.4. The van der Waals surface area contributed by atoms with E-state index >= 15 is 0 Å². The highest BCUT2D eigenvalue weighted by Gasteiger charge is 2.47. The zero-order valence-electron chi connectivity index (χ0n) is 18.1. The van der Waals surface area contributed by atoms with Gasteiger partial charge in [-0.2, -0.15) is 0 Å².